The summed E-state index contributed by atoms with van der Waals surface area (Å²) in [4.78, 5) is 11.8. The highest BCUT2D eigenvalue weighted by atomic mass is 19.4. The van der Waals surface area contributed by atoms with Gasteiger partial charge in [-0.05, 0) is 42.3 Å². The summed E-state index contributed by atoms with van der Waals surface area (Å²) in [6.45, 7) is 0. The lowest BCUT2D eigenvalue weighted by Gasteiger charge is -2.10. The molecule has 0 aromatic heterocycles. The third kappa shape index (κ3) is 4.51. The van der Waals surface area contributed by atoms with E-state index in [2.05, 4.69) is 5.32 Å². The maximum Gasteiger partial charge on any atom is 0.416 e. The Morgan fingerprint density at radius 1 is 1.09 bits per heavy atom. The van der Waals surface area contributed by atoms with Gasteiger partial charge >= 0.3 is 6.18 Å². The second-order valence-corrected chi connectivity index (χ2v) is 4.87. The Kier molecular flexibility index (Phi) is 4.70. The number of alkyl halides is 3. The van der Waals surface area contributed by atoms with Crippen LogP contribution in [0.2, 0.25) is 0 Å². The highest BCUT2D eigenvalue weighted by Crippen LogP contribution is 2.30. The van der Waals surface area contributed by atoms with Crippen molar-refractivity contribution in [3.63, 3.8) is 0 Å². The second-order valence-electron chi connectivity index (χ2n) is 4.87. The molecule has 0 heterocycles. The van der Waals surface area contributed by atoms with E-state index in [1.807, 2.05) is 6.07 Å². The minimum absolute atomic E-state index is 0.132. The van der Waals surface area contributed by atoms with Crippen molar-refractivity contribution < 1.29 is 18.0 Å². The first-order valence-electron chi connectivity index (χ1n) is 6.66. The SMILES string of the molecule is Nc1cccc(CCC(=O)Nc2cccc(C(F)(F)F)c2)c1. The molecule has 3 nitrogen and oxygen atoms in total. The third-order valence-electron chi connectivity index (χ3n) is 3.07. The number of halogens is 3. The van der Waals surface area contributed by atoms with Crippen LogP contribution in [0.4, 0.5) is 24.5 Å². The summed E-state index contributed by atoms with van der Waals surface area (Å²) >= 11 is 0. The van der Waals surface area contributed by atoms with Crippen molar-refractivity contribution in [1.82, 2.24) is 0 Å². The van der Waals surface area contributed by atoms with Gasteiger partial charge in [-0.3, -0.25) is 4.79 Å². The number of amides is 1. The Morgan fingerprint density at radius 2 is 1.82 bits per heavy atom. The fourth-order valence-corrected chi connectivity index (χ4v) is 2.00. The molecule has 3 N–H and O–H groups in total. The van der Waals surface area contributed by atoms with Gasteiger partial charge in [-0.25, -0.2) is 0 Å². The average Bonchev–Trinajstić information content (AvgIpc) is 2.45. The van der Waals surface area contributed by atoms with Crippen molar-refractivity contribution in [1.29, 1.82) is 0 Å². The molecule has 6 heteroatoms. The number of benzene rings is 2. The minimum atomic E-state index is -4.43. The number of nitrogen functional groups attached to an aromatic ring is 1. The molecule has 0 aliphatic rings. The number of anilines is 2. The number of carbonyl (C=O) groups excluding carboxylic acids is 1. The summed E-state index contributed by atoms with van der Waals surface area (Å²) in [5.41, 5.74) is 6.49. The van der Waals surface area contributed by atoms with Crippen molar-refractivity contribution in [3.05, 3.63) is 59.7 Å². The first-order valence-corrected chi connectivity index (χ1v) is 6.66. The van der Waals surface area contributed by atoms with Crippen molar-refractivity contribution in [2.24, 2.45) is 0 Å². The molecule has 116 valence electrons. The Hall–Kier alpha value is -2.50. The van der Waals surface area contributed by atoms with Gasteiger partial charge in [0.1, 0.15) is 0 Å². The van der Waals surface area contributed by atoms with Crippen LogP contribution in [0, 0.1) is 0 Å². The molecular formula is C16H15F3N2O. The topological polar surface area (TPSA) is 55.1 Å². The van der Waals surface area contributed by atoms with E-state index in [-0.39, 0.29) is 18.0 Å². The standard InChI is InChI=1S/C16H15F3N2O/c17-16(18,19)12-4-2-6-14(10-12)21-15(22)8-7-11-3-1-5-13(20)9-11/h1-6,9-10H,7-8,20H2,(H,21,22). The summed E-state index contributed by atoms with van der Waals surface area (Å²) in [6, 6.07) is 11.7. The number of nitrogens with two attached hydrogens (primary N) is 1. The molecule has 0 bridgehead atoms. The lowest BCUT2D eigenvalue weighted by atomic mass is 10.1. The highest BCUT2D eigenvalue weighted by molar-refractivity contribution is 5.90. The molecule has 2 rings (SSSR count). The summed E-state index contributed by atoms with van der Waals surface area (Å²) in [7, 11) is 0. The number of carbonyl (C=O) groups is 1. The quantitative estimate of drug-likeness (QED) is 0.843. The van der Waals surface area contributed by atoms with Crippen LogP contribution in [0.15, 0.2) is 48.5 Å². The summed E-state index contributed by atoms with van der Waals surface area (Å²) in [6.07, 6.45) is -3.79. The Labute approximate surface area is 125 Å². The summed E-state index contributed by atoms with van der Waals surface area (Å²) in [5.74, 6) is -0.346. The Balaban J connectivity index is 1.95. The van der Waals surface area contributed by atoms with Crippen molar-refractivity contribution in [3.8, 4) is 0 Å². The smallest absolute Gasteiger partial charge is 0.399 e. The zero-order valence-corrected chi connectivity index (χ0v) is 11.7. The van der Waals surface area contributed by atoms with Gasteiger partial charge in [-0.15, -0.1) is 0 Å². The van der Waals surface area contributed by atoms with E-state index in [4.69, 9.17) is 5.73 Å². The van der Waals surface area contributed by atoms with Crippen LogP contribution in [-0.2, 0) is 17.4 Å². The van der Waals surface area contributed by atoms with Gasteiger partial charge < -0.3 is 11.1 Å². The minimum Gasteiger partial charge on any atom is -0.399 e. The molecule has 2 aromatic rings. The Bertz CT molecular complexity index is 668. The molecule has 0 radical (unpaired) electrons. The van der Waals surface area contributed by atoms with Crippen LogP contribution in [0.5, 0.6) is 0 Å². The van der Waals surface area contributed by atoms with E-state index in [1.54, 1.807) is 18.2 Å². The number of aryl methyl sites for hydroxylation is 1. The van der Waals surface area contributed by atoms with Gasteiger partial charge in [-0.1, -0.05) is 18.2 Å². The van der Waals surface area contributed by atoms with Crippen LogP contribution < -0.4 is 11.1 Å². The lowest BCUT2D eigenvalue weighted by Crippen LogP contribution is -2.13. The molecule has 22 heavy (non-hydrogen) atoms. The average molecular weight is 308 g/mol. The first kappa shape index (κ1) is 15.9. The van der Waals surface area contributed by atoms with Crippen LogP contribution >= 0.6 is 0 Å². The Morgan fingerprint density at radius 3 is 2.50 bits per heavy atom. The van der Waals surface area contributed by atoms with Gasteiger partial charge in [-0.2, -0.15) is 13.2 Å². The zero-order valence-electron chi connectivity index (χ0n) is 11.7. The van der Waals surface area contributed by atoms with E-state index in [1.165, 1.54) is 12.1 Å². The number of hydrogen-bond donors (Lipinski definition) is 2. The molecule has 0 aliphatic heterocycles. The fourth-order valence-electron chi connectivity index (χ4n) is 2.00. The number of nitrogens with one attached hydrogen (secondary N) is 1. The number of rotatable bonds is 4. The van der Waals surface area contributed by atoms with Gasteiger partial charge in [0.15, 0.2) is 0 Å². The fraction of sp³-hybridized carbons (Fsp3) is 0.188. The molecule has 0 saturated carbocycles. The number of hydrogen-bond acceptors (Lipinski definition) is 2. The predicted octanol–water partition coefficient (Wildman–Crippen LogP) is 3.86. The molecular weight excluding hydrogens is 293 g/mol. The van der Waals surface area contributed by atoms with Crippen LogP contribution in [0.25, 0.3) is 0 Å². The second kappa shape index (κ2) is 6.51. The molecule has 0 spiro atoms. The molecule has 0 saturated heterocycles. The molecule has 0 unspecified atom stereocenters. The van der Waals surface area contributed by atoms with Crippen LogP contribution in [-0.4, -0.2) is 5.91 Å². The maximum atomic E-state index is 12.6. The zero-order chi connectivity index (χ0) is 16.2. The monoisotopic (exact) mass is 308 g/mol. The van der Waals surface area contributed by atoms with E-state index in [9.17, 15) is 18.0 Å². The van der Waals surface area contributed by atoms with Crippen molar-refractivity contribution >= 4 is 17.3 Å². The molecule has 2 aromatic carbocycles. The van der Waals surface area contributed by atoms with Gasteiger partial charge in [0.25, 0.3) is 0 Å². The summed E-state index contributed by atoms with van der Waals surface area (Å²) < 4.78 is 37.8. The van der Waals surface area contributed by atoms with Gasteiger partial charge in [0.2, 0.25) is 5.91 Å². The van der Waals surface area contributed by atoms with Gasteiger partial charge in [0, 0.05) is 17.8 Å². The summed E-state index contributed by atoms with van der Waals surface area (Å²) in [5, 5.41) is 2.47. The van der Waals surface area contributed by atoms with E-state index in [0.29, 0.717) is 12.1 Å². The van der Waals surface area contributed by atoms with Crippen molar-refractivity contribution in [2.75, 3.05) is 11.1 Å². The van der Waals surface area contributed by atoms with E-state index < -0.39 is 11.7 Å². The van der Waals surface area contributed by atoms with Crippen LogP contribution in [0.1, 0.15) is 17.5 Å². The largest absolute Gasteiger partial charge is 0.416 e. The van der Waals surface area contributed by atoms with Gasteiger partial charge in [0.05, 0.1) is 5.56 Å². The van der Waals surface area contributed by atoms with Crippen molar-refractivity contribution in [2.45, 2.75) is 19.0 Å². The maximum absolute atomic E-state index is 12.6. The van der Waals surface area contributed by atoms with Crippen LogP contribution in [0.3, 0.4) is 0 Å². The molecule has 0 atom stereocenters. The third-order valence-corrected chi connectivity index (χ3v) is 3.07. The predicted molar refractivity (Wildman–Crippen MR) is 79.2 cm³/mol. The highest BCUT2D eigenvalue weighted by Gasteiger charge is 2.30. The molecule has 1 amide bonds. The molecule has 0 fully saturated rings. The van der Waals surface area contributed by atoms with E-state index >= 15 is 0 Å². The first-order chi connectivity index (χ1) is 10.3. The molecule has 0 aliphatic carbocycles. The normalized spacial score (nSPS) is 11.2. The lowest BCUT2D eigenvalue weighted by molar-refractivity contribution is -0.137. The van der Waals surface area contributed by atoms with E-state index in [0.717, 1.165) is 17.7 Å².